The van der Waals surface area contributed by atoms with Crippen LogP contribution in [0.4, 0.5) is 4.39 Å². The maximum Gasteiger partial charge on any atom is 0.202 e. The summed E-state index contributed by atoms with van der Waals surface area (Å²) in [5, 5.41) is 0. The van der Waals surface area contributed by atoms with Crippen LogP contribution < -0.4 is 14.2 Å². The Hall–Kier alpha value is -3.28. The SMILES string of the molecule is COc1cc(OC)cc(OCC(=O)c2cc(C)n(-c3ccc(F)cc3)c2C)c1. The molecule has 3 aromatic rings. The number of carbonyl (C=O) groups excluding carboxylic acids is 1. The number of aromatic nitrogens is 1. The minimum absolute atomic E-state index is 0.121. The number of ether oxygens (including phenoxy) is 3. The van der Waals surface area contributed by atoms with Crippen molar-refractivity contribution in [3.05, 3.63) is 71.3 Å². The molecule has 0 fully saturated rings. The van der Waals surface area contributed by atoms with Crippen LogP contribution in [-0.2, 0) is 0 Å². The van der Waals surface area contributed by atoms with Crippen LogP contribution in [0.5, 0.6) is 17.2 Å². The smallest absolute Gasteiger partial charge is 0.202 e. The van der Waals surface area contributed by atoms with Crippen LogP contribution >= 0.6 is 0 Å². The molecule has 0 aliphatic heterocycles. The summed E-state index contributed by atoms with van der Waals surface area (Å²) in [4.78, 5) is 12.7. The van der Waals surface area contributed by atoms with E-state index in [1.165, 1.54) is 12.1 Å². The lowest BCUT2D eigenvalue weighted by atomic mass is 10.1. The number of aryl methyl sites for hydroxylation is 1. The van der Waals surface area contributed by atoms with Crippen molar-refractivity contribution in [2.45, 2.75) is 13.8 Å². The highest BCUT2D eigenvalue weighted by Gasteiger charge is 2.17. The average molecular weight is 383 g/mol. The average Bonchev–Trinajstić information content (AvgIpc) is 3.00. The van der Waals surface area contributed by atoms with Crippen molar-refractivity contribution in [3.63, 3.8) is 0 Å². The first-order chi connectivity index (χ1) is 13.4. The van der Waals surface area contributed by atoms with E-state index in [1.807, 2.05) is 24.5 Å². The lowest BCUT2D eigenvalue weighted by molar-refractivity contribution is 0.0920. The predicted octanol–water partition coefficient (Wildman–Crippen LogP) is 4.51. The molecule has 0 spiro atoms. The summed E-state index contributed by atoms with van der Waals surface area (Å²) >= 11 is 0. The molecule has 3 rings (SSSR count). The normalized spacial score (nSPS) is 10.6. The van der Waals surface area contributed by atoms with Gasteiger partial charge in [-0.3, -0.25) is 4.79 Å². The molecule has 0 saturated carbocycles. The molecule has 0 saturated heterocycles. The molecule has 0 aliphatic carbocycles. The van der Waals surface area contributed by atoms with E-state index in [1.54, 1.807) is 44.6 Å². The standard InChI is InChI=1S/C22H22FNO4/c1-14-9-21(15(2)24(14)17-7-5-16(23)6-8-17)22(25)13-28-20-11-18(26-3)10-19(12-20)27-4/h5-12H,13H2,1-4H3. The maximum atomic E-state index is 13.2. The largest absolute Gasteiger partial charge is 0.496 e. The van der Waals surface area contributed by atoms with Gasteiger partial charge in [0.1, 0.15) is 23.1 Å². The highest BCUT2D eigenvalue weighted by molar-refractivity contribution is 5.98. The Bertz CT molecular complexity index is 970. The molecule has 0 amide bonds. The summed E-state index contributed by atoms with van der Waals surface area (Å²) in [6.07, 6.45) is 0. The minimum atomic E-state index is -0.301. The summed E-state index contributed by atoms with van der Waals surface area (Å²) in [5.74, 6) is 1.19. The molecule has 0 unspecified atom stereocenters. The minimum Gasteiger partial charge on any atom is -0.496 e. The van der Waals surface area contributed by atoms with Crippen molar-refractivity contribution in [1.29, 1.82) is 0 Å². The molecule has 146 valence electrons. The molecule has 1 heterocycles. The molecule has 6 heteroatoms. The van der Waals surface area contributed by atoms with Crippen molar-refractivity contribution in [2.24, 2.45) is 0 Å². The van der Waals surface area contributed by atoms with Gasteiger partial charge < -0.3 is 18.8 Å². The molecule has 5 nitrogen and oxygen atoms in total. The highest BCUT2D eigenvalue weighted by Crippen LogP contribution is 2.28. The number of carbonyl (C=O) groups is 1. The third-order valence-electron chi connectivity index (χ3n) is 4.51. The van der Waals surface area contributed by atoms with E-state index in [0.717, 1.165) is 17.1 Å². The van der Waals surface area contributed by atoms with Gasteiger partial charge in [0.15, 0.2) is 6.61 Å². The fraction of sp³-hybridized carbons (Fsp3) is 0.227. The maximum absolute atomic E-state index is 13.2. The third kappa shape index (κ3) is 4.01. The van der Waals surface area contributed by atoms with Crippen LogP contribution in [0.15, 0.2) is 48.5 Å². The molecule has 2 aromatic carbocycles. The summed E-state index contributed by atoms with van der Waals surface area (Å²) in [7, 11) is 3.10. The Kier molecular flexibility index (Phi) is 5.68. The molecule has 0 atom stereocenters. The number of ketones is 1. The third-order valence-corrected chi connectivity index (χ3v) is 4.51. The predicted molar refractivity (Wildman–Crippen MR) is 105 cm³/mol. The Morgan fingerprint density at radius 2 is 1.50 bits per heavy atom. The molecule has 0 N–H and O–H groups in total. The topological polar surface area (TPSA) is 49.7 Å². The van der Waals surface area contributed by atoms with E-state index < -0.39 is 0 Å². The van der Waals surface area contributed by atoms with Gasteiger partial charge in [0.25, 0.3) is 0 Å². The molecular formula is C22H22FNO4. The number of hydrogen-bond donors (Lipinski definition) is 0. The molecule has 1 aromatic heterocycles. The van der Waals surface area contributed by atoms with Crippen molar-refractivity contribution >= 4 is 5.78 Å². The van der Waals surface area contributed by atoms with Crippen LogP contribution in [0, 0.1) is 19.7 Å². The van der Waals surface area contributed by atoms with Crippen molar-refractivity contribution in [2.75, 3.05) is 20.8 Å². The zero-order valence-corrected chi connectivity index (χ0v) is 16.3. The molecular weight excluding hydrogens is 361 g/mol. The second-order valence-electron chi connectivity index (χ2n) is 6.36. The quantitative estimate of drug-likeness (QED) is 0.563. The molecule has 0 bridgehead atoms. The zero-order valence-electron chi connectivity index (χ0n) is 16.3. The Morgan fingerprint density at radius 1 is 0.929 bits per heavy atom. The number of benzene rings is 2. The number of hydrogen-bond acceptors (Lipinski definition) is 4. The van der Waals surface area contributed by atoms with Gasteiger partial charge in [-0.1, -0.05) is 0 Å². The number of nitrogens with zero attached hydrogens (tertiary/aromatic N) is 1. The lowest BCUT2D eigenvalue weighted by Crippen LogP contribution is -2.13. The van der Waals surface area contributed by atoms with Gasteiger partial charge in [-0.05, 0) is 44.2 Å². The molecule has 28 heavy (non-hydrogen) atoms. The summed E-state index contributed by atoms with van der Waals surface area (Å²) in [6.45, 7) is 3.64. The van der Waals surface area contributed by atoms with Crippen LogP contribution in [0.1, 0.15) is 21.7 Å². The van der Waals surface area contributed by atoms with E-state index in [-0.39, 0.29) is 18.2 Å². The Balaban J connectivity index is 1.80. The van der Waals surface area contributed by atoms with Crippen molar-refractivity contribution in [1.82, 2.24) is 4.57 Å². The highest BCUT2D eigenvalue weighted by atomic mass is 19.1. The monoisotopic (exact) mass is 383 g/mol. The van der Waals surface area contributed by atoms with Gasteiger partial charge >= 0.3 is 0 Å². The van der Waals surface area contributed by atoms with Gasteiger partial charge in [0.05, 0.1) is 14.2 Å². The van der Waals surface area contributed by atoms with Crippen LogP contribution in [0.3, 0.4) is 0 Å². The lowest BCUT2D eigenvalue weighted by Gasteiger charge is -2.11. The van der Waals surface area contributed by atoms with Crippen molar-refractivity contribution in [3.8, 4) is 22.9 Å². The van der Waals surface area contributed by atoms with E-state index in [0.29, 0.717) is 22.8 Å². The van der Waals surface area contributed by atoms with Crippen molar-refractivity contribution < 1.29 is 23.4 Å². The first-order valence-corrected chi connectivity index (χ1v) is 8.77. The van der Waals surface area contributed by atoms with Gasteiger partial charge in [-0.25, -0.2) is 4.39 Å². The number of rotatable bonds is 7. The van der Waals surface area contributed by atoms with Crippen LogP contribution in [0.2, 0.25) is 0 Å². The van der Waals surface area contributed by atoms with Crippen LogP contribution in [-0.4, -0.2) is 31.2 Å². The zero-order chi connectivity index (χ0) is 20.3. The fourth-order valence-corrected chi connectivity index (χ4v) is 3.12. The fourth-order valence-electron chi connectivity index (χ4n) is 3.12. The number of Topliss-reactive ketones (excluding diaryl/α,β-unsaturated/α-hetero) is 1. The first-order valence-electron chi connectivity index (χ1n) is 8.77. The van der Waals surface area contributed by atoms with Gasteiger partial charge in [-0.2, -0.15) is 0 Å². The number of halogens is 1. The van der Waals surface area contributed by atoms with E-state index in [4.69, 9.17) is 14.2 Å². The second kappa shape index (κ2) is 8.17. The summed E-state index contributed by atoms with van der Waals surface area (Å²) in [5.41, 5.74) is 3.03. The second-order valence-corrected chi connectivity index (χ2v) is 6.36. The Morgan fingerprint density at radius 3 is 2.07 bits per heavy atom. The van der Waals surface area contributed by atoms with Crippen LogP contribution in [0.25, 0.3) is 5.69 Å². The van der Waals surface area contributed by atoms with Gasteiger partial charge in [0, 0.05) is 40.8 Å². The number of methoxy groups -OCH3 is 2. The van der Waals surface area contributed by atoms with E-state index >= 15 is 0 Å². The summed E-state index contributed by atoms with van der Waals surface area (Å²) in [6, 6.07) is 13.1. The molecule has 0 aliphatic rings. The Labute approximate surface area is 163 Å². The van der Waals surface area contributed by atoms with E-state index in [9.17, 15) is 9.18 Å². The molecule has 0 radical (unpaired) electrons. The summed E-state index contributed by atoms with van der Waals surface area (Å²) < 4.78 is 31.2. The van der Waals surface area contributed by atoms with Gasteiger partial charge in [-0.15, -0.1) is 0 Å². The first kappa shape index (κ1) is 19.5. The van der Waals surface area contributed by atoms with Gasteiger partial charge in [0.2, 0.25) is 5.78 Å². The van der Waals surface area contributed by atoms with E-state index in [2.05, 4.69) is 0 Å².